The number of nitrogens with zero attached hydrogens (tertiary/aromatic N) is 2. The van der Waals surface area contributed by atoms with E-state index in [2.05, 4.69) is 32.7 Å². The summed E-state index contributed by atoms with van der Waals surface area (Å²) in [6.45, 7) is 8.82. The van der Waals surface area contributed by atoms with Crippen LogP contribution in [0.4, 0.5) is 0 Å². The SMILES string of the molecule is CCc1c(C)nc(C2CCC(C(C)C)CC2)nc1Cl. The molecule has 1 saturated carbocycles. The predicted molar refractivity (Wildman–Crippen MR) is 80.7 cm³/mol. The van der Waals surface area contributed by atoms with Crippen molar-refractivity contribution in [3.05, 3.63) is 22.2 Å². The van der Waals surface area contributed by atoms with E-state index in [1.807, 2.05) is 0 Å². The Labute approximate surface area is 122 Å². The van der Waals surface area contributed by atoms with Crippen molar-refractivity contribution in [2.75, 3.05) is 0 Å². The largest absolute Gasteiger partial charge is 0.238 e. The number of hydrogen-bond acceptors (Lipinski definition) is 2. The van der Waals surface area contributed by atoms with Gasteiger partial charge in [0.2, 0.25) is 0 Å². The zero-order valence-corrected chi connectivity index (χ0v) is 13.3. The van der Waals surface area contributed by atoms with Crippen molar-refractivity contribution < 1.29 is 0 Å². The zero-order chi connectivity index (χ0) is 14.0. The van der Waals surface area contributed by atoms with Crippen LogP contribution in [0.2, 0.25) is 5.15 Å². The van der Waals surface area contributed by atoms with E-state index in [1.165, 1.54) is 25.7 Å². The van der Waals surface area contributed by atoms with Crippen LogP contribution >= 0.6 is 11.6 Å². The lowest BCUT2D eigenvalue weighted by Gasteiger charge is -2.30. The van der Waals surface area contributed by atoms with Crippen molar-refractivity contribution >= 4 is 11.6 Å². The summed E-state index contributed by atoms with van der Waals surface area (Å²) >= 11 is 6.28. The number of aromatic nitrogens is 2. The average Bonchev–Trinajstić information content (AvgIpc) is 2.38. The van der Waals surface area contributed by atoms with Gasteiger partial charge in [-0.15, -0.1) is 0 Å². The van der Waals surface area contributed by atoms with Crippen molar-refractivity contribution in [1.29, 1.82) is 0 Å². The predicted octanol–water partition coefficient (Wildman–Crippen LogP) is 4.93. The monoisotopic (exact) mass is 280 g/mol. The van der Waals surface area contributed by atoms with Crippen molar-refractivity contribution in [1.82, 2.24) is 9.97 Å². The second-order valence-corrected chi connectivity index (χ2v) is 6.50. The molecule has 0 radical (unpaired) electrons. The summed E-state index contributed by atoms with van der Waals surface area (Å²) in [6.07, 6.45) is 5.94. The Hall–Kier alpha value is -0.630. The second kappa shape index (κ2) is 6.21. The van der Waals surface area contributed by atoms with Crippen LogP contribution in [-0.4, -0.2) is 9.97 Å². The standard InChI is InChI=1S/C16H25ClN2/c1-5-14-11(4)18-16(19-15(14)17)13-8-6-12(7-9-13)10(2)3/h10,12-13H,5-9H2,1-4H3. The number of hydrogen-bond donors (Lipinski definition) is 0. The van der Waals surface area contributed by atoms with Gasteiger partial charge in [-0.2, -0.15) is 0 Å². The lowest BCUT2D eigenvalue weighted by atomic mass is 9.76. The Bertz CT molecular complexity index is 411. The number of halogens is 1. The molecule has 0 amide bonds. The molecule has 0 aliphatic heterocycles. The van der Waals surface area contributed by atoms with Crippen molar-refractivity contribution in [2.45, 2.75) is 65.7 Å². The van der Waals surface area contributed by atoms with Gasteiger partial charge in [0.05, 0.1) is 0 Å². The summed E-state index contributed by atoms with van der Waals surface area (Å²) in [6, 6.07) is 0. The minimum atomic E-state index is 0.511. The van der Waals surface area contributed by atoms with Crippen LogP contribution in [0, 0.1) is 18.8 Å². The third-order valence-electron chi connectivity index (χ3n) is 4.61. The van der Waals surface area contributed by atoms with Crippen LogP contribution in [0.5, 0.6) is 0 Å². The summed E-state index contributed by atoms with van der Waals surface area (Å²) < 4.78 is 0. The molecule has 0 aromatic carbocycles. The molecule has 1 heterocycles. The van der Waals surface area contributed by atoms with Crippen molar-refractivity contribution in [3.63, 3.8) is 0 Å². The molecule has 2 rings (SSSR count). The van der Waals surface area contributed by atoms with Gasteiger partial charge >= 0.3 is 0 Å². The van der Waals surface area contributed by atoms with Crippen LogP contribution in [-0.2, 0) is 6.42 Å². The molecule has 0 bridgehead atoms. The molecule has 0 saturated heterocycles. The van der Waals surface area contributed by atoms with E-state index in [0.717, 1.165) is 35.3 Å². The van der Waals surface area contributed by atoms with Gasteiger partial charge in [-0.05, 0) is 50.9 Å². The molecule has 1 aromatic rings. The highest BCUT2D eigenvalue weighted by Gasteiger charge is 2.26. The normalized spacial score (nSPS) is 23.9. The molecule has 1 fully saturated rings. The zero-order valence-electron chi connectivity index (χ0n) is 12.5. The Morgan fingerprint density at radius 3 is 2.26 bits per heavy atom. The Kier molecular flexibility index (Phi) is 4.83. The first-order valence-corrected chi connectivity index (χ1v) is 7.93. The Balaban J connectivity index is 2.12. The summed E-state index contributed by atoms with van der Waals surface area (Å²) in [5.74, 6) is 3.16. The first-order valence-electron chi connectivity index (χ1n) is 7.55. The van der Waals surface area contributed by atoms with Crippen LogP contribution in [0.25, 0.3) is 0 Å². The van der Waals surface area contributed by atoms with Crippen LogP contribution in [0.15, 0.2) is 0 Å². The maximum atomic E-state index is 6.28. The van der Waals surface area contributed by atoms with E-state index in [1.54, 1.807) is 0 Å². The molecule has 0 spiro atoms. The van der Waals surface area contributed by atoms with Gasteiger partial charge in [-0.1, -0.05) is 32.4 Å². The van der Waals surface area contributed by atoms with Gasteiger partial charge in [-0.3, -0.25) is 0 Å². The molecule has 0 unspecified atom stereocenters. The maximum absolute atomic E-state index is 6.28. The molecule has 2 nitrogen and oxygen atoms in total. The molecule has 0 N–H and O–H groups in total. The molecule has 0 atom stereocenters. The van der Waals surface area contributed by atoms with Gasteiger partial charge in [0.25, 0.3) is 0 Å². The summed E-state index contributed by atoms with van der Waals surface area (Å²) in [5.41, 5.74) is 2.16. The lowest BCUT2D eigenvalue weighted by molar-refractivity contribution is 0.254. The fourth-order valence-corrected chi connectivity index (χ4v) is 3.57. The van der Waals surface area contributed by atoms with E-state index in [0.29, 0.717) is 11.1 Å². The Morgan fingerprint density at radius 1 is 1.16 bits per heavy atom. The minimum absolute atomic E-state index is 0.511. The van der Waals surface area contributed by atoms with E-state index >= 15 is 0 Å². The van der Waals surface area contributed by atoms with Crippen LogP contribution in [0.3, 0.4) is 0 Å². The molecular formula is C16H25ClN2. The maximum Gasteiger partial charge on any atom is 0.136 e. The van der Waals surface area contributed by atoms with Gasteiger partial charge in [-0.25, -0.2) is 9.97 Å². The van der Waals surface area contributed by atoms with E-state index in [4.69, 9.17) is 16.6 Å². The van der Waals surface area contributed by atoms with E-state index in [-0.39, 0.29) is 0 Å². The quantitative estimate of drug-likeness (QED) is 0.734. The number of rotatable bonds is 3. The lowest BCUT2D eigenvalue weighted by Crippen LogP contribution is -2.19. The molecule has 1 aliphatic carbocycles. The van der Waals surface area contributed by atoms with Crippen LogP contribution in [0.1, 0.15) is 69.5 Å². The average molecular weight is 281 g/mol. The summed E-state index contributed by atoms with van der Waals surface area (Å²) in [7, 11) is 0. The van der Waals surface area contributed by atoms with E-state index in [9.17, 15) is 0 Å². The van der Waals surface area contributed by atoms with Gasteiger partial charge in [0.1, 0.15) is 11.0 Å². The van der Waals surface area contributed by atoms with Crippen molar-refractivity contribution in [3.8, 4) is 0 Å². The molecular weight excluding hydrogens is 256 g/mol. The topological polar surface area (TPSA) is 25.8 Å². The third-order valence-corrected chi connectivity index (χ3v) is 4.93. The first-order chi connectivity index (χ1) is 9.02. The molecule has 106 valence electrons. The first kappa shape index (κ1) is 14.8. The Morgan fingerprint density at radius 2 is 1.79 bits per heavy atom. The van der Waals surface area contributed by atoms with Gasteiger partial charge < -0.3 is 0 Å². The molecule has 1 aromatic heterocycles. The molecule has 3 heteroatoms. The van der Waals surface area contributed by atoms with Crippen LogP contribution < -0.4 is 0 Å². The third kappa shape index (κ3) is 3.28. The van der Waals surface area contributed by atoms with E-state index < -0.39 is 0 Å². The highest BCUT2D eigenvalue weighted by Crippen LogP contribution is 2.38. The second-order valence-electron chi connectivity index (χ2n) is 6.15. The highest BCUT2D eigenvalue weighted by molar-refractivity contribution is 6.30. The number of aryl methyl sites for hydroxylation is 1. The molecule has 1 aliphatic rings. The highest BCUT2D eigenvalue weighted by atomic mass is 35.5. The summed E-state index contributed by atoms with van der Waals surface area (Å²) in [4.78, 5) is 9.26. The smallest absolute Gasteiger partial charge is 0.136 e. The molecule has 19 heavy (non-hydrogen) atoms. The minimum Gasteiger partial charge on any atom is -0.238 e. The van der Waals surface area contributed by atoms with Gasteiger partial charge in [0, 0.05) is 17.2 Å². The van der Waals surface area contributed by atoms with Crippen molar-refractivity contribution in [2.24, 2.45) is 11.8 Å². The van der Waals surface area contributed by atoms with Gasteiger partial charge in [0.15, 0.2) is 0 Å². The fourth-order valence-electron chi connectivity index (χ4n) is 3.21. The fraction of sp³-hybridized carbons (Fsp3) is 0.750. The summed E-state index contributed by atoms with van der Waals surface area (Å²) in [5, 5.41) is 0.663.